The van der Waals surface area contributed by atoms with Crippen LogP contribution in [0.4, 0.5) is 9.93 Å². The molecule has 3 atom stereocenters. The van der Waals surface area contributed by atoms with Gasteiger partial charge in [0.1, 0.15) is 5.69 Å². The molecule has 0 spiro atoms. The maximum absolute atomic E-state index is 13.3. The normalized spacial score (nSPS) is 17.6. The number of aromatic nitrogens is 2. The van der Waals surface area contributed by atoms with Gasteiger partial charge in [-0.2, -0.15) is 13.1 Å². The largest absolute Gasteiger partial charge is 0.503 e. The molecule has 3 rings (SSSR count). The molecule has 3 amide bonds. The molecular formula is C23H29N7O12S2. The minimum atomic E-state index is -5.10. The minimum Gasteiger partial charge on any atom is -0.503 e. The number of ketones is 1. The Hall–Kier alpha value is -4.76. The van der Waals surface area contributed by atoms with Gasteiger partial charge in [-0.05, 0) is 5.92 Å². The Morgan fingerprint density at radius 3 is 2.50 bits per heavy atom. The van der Waals surface area contributed by atoms with Crippen molar-refractivity contribution in [2.75, 3.05) is 12.3 Å². The van der Waals surface area contributed by atoms with E-state index < -0.39 is 88.5 Å². The first kappa shape index (κ1) is 33.7. The first-order chi connectivity index (χ1) is 20.5. The van der Waals surface area contributed by atoms with Gasteiger partial charge in [0.05, 0.1) is 30.4 Å². The number of hydrogen-bond donors (Lipinski definition) is 7. The van der Waals surface area contributed by atoms with Crippen LogP contribution in [0, 0.1) is 11.8 Å². The predicted molar refractivity (Wildman–Crippen MR) is 150 cm³/mol. The SMILES string of the molecule is CC(C)C[C@H](O/N=C(\C(=O)C[C@@H]1C(=O)N(S(=O)(=O)O)[C@@H]1CNC(=O)NCc1cc(=O)c(O)cn1O)c1csc(N)n1)C(=O)O. The van der Waals surface area contributed by atoms with Crippen molar-refractivity contribution in [2.45, 2.75) is 45.4 Å². The summed E-state index contributed by atoms with van der Waals surface area (Å²) in [6.07, 6.45) is -1.38. The molecule has 1 saturated heterocycles. The summed E-state index contributed by atoms with van der Waals surface area (Å²) in [6.45, 7) is 2.48. The number of amides is 3. The monoisotopic (exact) mass is 659 g/mol. The van der Waals surface area contributed by atoms with Gasteiger partial charge in [0.15, 0.2) is 22.4 Å². The molecule has 44 heavy (non-hydrogen) atoms. The van der Waals surface area contributed by atoms with Crippen molar-refractivity contribution in [1.29, 1.82) is 0 Å². The van der Waals surface area contributed by atoms with Crippen LogP contribution in [0.2, 0.25) is 0 Å². The summed E-state index contributed by atoms with van der Waals surface area (Å²) >= 11 is 0.934. The third kappa shape index (κ3) is 8.20. The number of anilines is 1. The van der Waals surface area contributed by atoms with E-state index in [9.17, 15) is 52.4 Å². The number of nitrogens with two attached hydrogens (primary N) is 1. The summed E-state index contributed by atoms with van der Waals surface area (Å²) in [5.41, 5.74) is 4.12. The summed E-state index contributed by atoms with van der Waals surface area (Å²) in [4.78, 5) is 70.6. The van der Waals surface area contributed by atoms with E-state index in [-0.39, 0.29) is 33.2 Å². The molecule has 2 aromatic heterocycles. The lowest BCUT2D eigenvalue weighted by Crippen LogP contribution is -2.66. The number of hydrogen-bond acceptors (Lipinski definition) is 14. The highest BCUT2D eigenvalue weighted by Gasteiger charge is 2.54. The van der Waals surface area contributed by atoms with E-state index in [0.717, 1.165) is 17.4 Å². The number of carboxylic acid groups (broad SMARTS) is 1. The number of carbonyl (C=O) groups is 4. The number of pyridine rings is 1. The van der Waals surface area contributed by atoms with E-state index >= 15 is 0 Å². The third-order valence-electron chi connectivity index (χ3n) is 6.21. The highest BCUT2D eigenvalue weighted by Crippen LogP contribution is 2.32. The van der Waals surface area contributed by atoms with Gasteiger partial charge in [-0.3, -0.25) is 18.9 Å². The fraction of sp³-hybridized carbons (Fsp3) is 0.435. The van der Waals surface area contributed by atoms with Crippen molar-refractivity contribution in [2.24, 2.45) is 17.0 Å². The second kappa shape index (κ2) is 13.7. The van der Waals surface area contributed by atoms with Crippen molar-refractivity contribution in [3.63, 3.8) is 0 Å². The number of Topliss-reactive ketones (excluding diaryl/α,β-unsaturated/α-hetero) is 1. The number of oxime groups is 1. The fourth-order valence-corrected chi connectivity index (χ4v) is 5.56. The predicted octanol–water partition coefficient (Wildman–Crippen LogP) is -0.862. The van der Waals surface area contributed by atoms with Crippen molar-refractivity contribution in [3.05, 3.63) is 39.3 Å². The second-order valence-electron chi connectivity index (χ2n) is 9.91. The number of β-lactam (4-membered cyclic amide) rings is 1. The van der Waals surface area contributed by atoms with Crippen LogP contribution in [0.3, 0.4) is 0 Å². The molecule has 0 bridgehead atoms. The number of nitrogens with one attached hydrogen (secondary N) is 2. The highest BCUT2D eigenvalue weighted by atomic mass is 32.2. The van der Waals surface area contributed by atoms with Crippen molar-refractivity contribution in [3.8, 4) is 5.75 Å². The lowest BCUT2D eigenvalue weighted by atomic mass is 9.84. The average Bonchev–Trinajstić information content (AvgIpc) is 3.34. The molecule has 0 aromatic carbocycles. The number of rotatable bonds is 14. The fourth-order valence-electron chi connectivity index (χ4n) is 4.09. The van der Waals surface area contributed by atoms with Gasteiger partial charge in [0.2, 0.25) is 17.4 Å². The van der Waals surface area contributed by atoms with Crippen LogP contribution in [-0.4, -0.2) is 90.5 Å². The Morgan fingerprint density at radius 1 is 1.25 bits per heavy atom. The number of nitrogen functional groups attached to an aromatic ring is 1. The smallest absolute Gasteiger partial charge is 0.362 e. The molecule has 19 nitrogen and oxygen atoms in total. The van der Waals surface area contributed by atoms with E-state index in [0.29, 0.717) is 10.9 Å². The molecule has 2 aromatic rings. The van der Waals surface area contributed by atoms with Crippen LogP contribution in [0.5, 0.6) is 5.75 Å². The Morgan fingerprint density at radius 2 is 1.93 bits per heavy atom. The average molecular weight is 660 g/mol. The number of aliphatic carboxylic acids is 1. The molecule has 0 saturated carbocycles. The zero-order valence-electron chi connectivity index (χ0n) is 23.1. The van der Waals surface area contributed by atoms with Gasteiger partial charge in [-0.1, -0.05) is 19.0 Å². The molecule has 8 N–H and O–H groups in total. The summed E-state index contributed by atoms with van der Waals surface area (Å²) in [6, 6.07) is -1.54. The zero-order valence-corrected chi connectivity index (χ0v) is 24.7. The van der Waals surface area contributed by atoms with Gasteiger partial charge < -0.3 is 36.6 Å². The van der Waals surface area contributed by atoms with E-state index in [1.807, 2.05) is 0 Å². The number of nitrogens with zero attached hydrogens (tertiary/aromatic N) is 4. The standard InChI is InChI=1S/C23H29N7O12S2/c1-10(2)3-18(21(35)36)42-28-19(13-9-43-22(24)27-13)16(32)5-12-14(30(20(12)34)44(39,40)41)7-26-23(37)25-6-11-4-15(31)17(33)8-29(11)38/h4,8-10,12,14,18,33,38H,3,5-7H2,1-2H3,(H2,24,27)(H,35,36)(H2,25,26,37)(H,39,40,41)/b28-19-/t12-,14+,18-/m0/s1. The third-order valence-corrected chi connectivity index (χ3v) is 7.83. The van der Waals surface area contributed by atoms with Crippen LogP contribution >= 0.6 is 11.3 Å². The van der Waals surface area contributed by atoms with E-state index in [4.69, 9.17) is 10.6 Å². The number of urea groups is 1. The summed E-state index contributed by atoms with van der Waals surface area (Å²) in [7, 11) is -5.10. The van der Waals surface area contributed by atoms with E-state index in [2.05, 4.69) is 20.8 Å². The lowest BCUT2D eigenvalue weighted by molar-refractivity contribution is -0.151. The minimum absolute atomic E-state index is 0.0355. The maximum atomic E-state index is 13.3. The molecule has 0 unspecified atom stereocenters. The van der Waals surface area contributed by atoms with Crippen LogP contribution in [0.15, 0.2) is 27.6 Å². The Bertz CT molecular complexity index is 1640. The number of aromatic hydroxyl groups is 1. The van der Waals surface area contributed by atoms with Gasteiger partial charge >= 0.3 is 22.3 Å². The second-order valence-corrected chi connectivity index (χ2v) is 12.1. The molecule has 0 radical (unpaired) electrons. The molecule has 0 aliphatic carbocycles. The molecule has 1 aliphatic rings. The summed E-state index contributed by atoms with van der Waals surface area (Å²) < 4.78 is 33.7. The Kier molecular flexibility index (Phi) is 10.5. The van der Waals surface area contributed by atoms with Crippen molar-refractivity contribution in [1.82, 2.24) is 24.7 Å². The van der Waals surface area contributed by atoms with Crippen LogP contribution in [0.25, 0.3) is 0 Å². The van der Waals surface area contributed by atoms with Gasteiger partial charge in [0.25, 0.3) is 0 Å². The molecular weight excluding hydrogens is 630 g/mol. The van der Waals surface area contributed by atoms with Gasteiger partial charge in [-0.15, -0.1) is 11.3 Å². The summed E-state index contributed by atoms with van der Waals surface area (Å²) in [5.74, 6) is -5.66. The highest BCUT2D eigenvalue weighted by molar-refractivity contribution is 7.84. The molecule has 21 heteroatoms. The van der Waals surface area contributed by atoms with E-state index in [1.54, 1.807) is 13.8 Å². The number of carbonyl (C=O) groups excluding carboxylic acids is 3. The Labute approximate surface area is 252 Å². The first-order valence-electron chi connectivity index (χ1n) is 12.7. The van der Waals surface area contributed by atoms with Gasteiger partial charge in [-0.25, -0.2) is 18.9 Å². The van der Waals surface area contributed by atoms with Crippen molar-refractivity contribution < 1.29 is 52.4 Å². The molecule has 1 aliphatic heterocycles. The van der Waals surface area contributed by atoms with E-state index in [1.165, 1.54) is 5.38 Å². The summed E-state index contributed by atoms with van der Waals surface area (Å²) in [5, 5.41) is 38.1. The van der Waals surface area contributed by atoms with Crippen LogP contribution in [0.1, 0.15) is 38.1 Å². The molecule has 3 heterocycles. The number of carboxylic acids is 1. The van der Waals surface area contributed by atoms with Gasteiger partial charge in [0, 0.05) is 30.8 Å². The van der Waals surface area contributed by atoms with Crippen LogP contribution < -0.4 is 21.8 Å². The molecule has 1 fully saturated rings. The molecule has 240 valence electrons. The zero-order chi connectivity index (χ0) is 32.9. The van der Waals surface area contributed by atoms with Crippen LogP contribution in [-0.2, 0) is 36.1 Å². The first-order valence-corrected chi connectivity index (χ1v) is 14.9. The lowest BCUT2D eigenvalue weighted by Gasteiger charge is -2.43. The topological polar surface area (TPSA) is 293 Å². The maximum Gasteiger partial charge on any atom is 0.362 e. The Balaban J connectivity index is 1.76. The van der Waals surface area contributed by atoms with Crippen molar-refractivity contribution >= 4 is 56.2 Å². The quantitative estimate of drug-likeness (QED) is 0.0427. The number of thiazole rings is 1.